The number of benzene rings is 1. The lowest BCUT2D eigenvalue weighted by Gasteiger charge is -2.33. The number of hydrogen-bond donors (Lipinski definition) is 3. The van der Waals surface area contributed by atoms with Crippen molar-refractivity contribution in [3.8, 4) is 0 Å². The lowest BCUT2D eigenvalue weighted by molar-refractivity contribution is -0.186. The topological polar surface area (TPSA) is 95.9 Å². The third kappa shape index (κ3) is 3.91. The molecule has 1 saturated carbocycles. The highest BCUT2D eigenvalue weighted by atomic mass is 16.6. The van der Waals surface area contributed by atoms with Gasteiger partial charge in [0.2, 0.25) is 0 Å². The third-order valence-electron chi connectivity index (χ3n) is 5.71. The molecule has 142 valence electrons. The van der Waals surface area contributed by atoms with E-state index in [1.807, 2.05) is 6.07 Å². The Morgan fingerprint density at radius 2 is 1.88 bits per heavy atom. The summed E-state index contributed by atoms with van der Waals surface area (Å²) in [6, 6.07) is 8.76. The number of aliphatic hydroxyl groups is 1. The van der Waals surface area contributed by atoms with Gasteiger partial charge in [0.05, 0.1) is 0 Å². The maximum Gasteiger partial charge on any atom is 0.345 e. The van der Waals surface area contributed by atoms with Crippen molar-refractivity contribution in [2.45, 2.75) is 50.2 Å². The predicted molar refractivity (Wildman–Crippen MR) is 95.4 cm³/mol. The minimum absolute atomic E-state index is 0.167. The summed E-state index contributed by atoms with van der Waals surface area (Å²) < 4.78 is 5.39. The van der Waals surface area contributed by atoms with Gasteiger partial charge < -0.3 is 20.3 Å². The SMILES string of the molecule is O=C(O)C(CC1CCNC1)OC(=O)C(O)(c1ccccc1)C1CCCC1. The van der Waals surface area contributed by atoms with Crippen LogP contribution in [-0.2, 0) is 19.9 Å². The van der Waals surface area contributed by atoms with Gasteiger partial charge in [-0.3, -0.25) is 0 Å². The van der Waals surface area contributed by atoms with Crippen molar-refractivity contribution in [1.29, 1.82) is 0 Å². The lowest BCUT2D eigenvalue weighted by Crippen LogP contribution is -2.46. The highest BCUT2D eigenvalue weighted by molar-refractivity contribution is 5.84. The molecule has 1 aliphatic carbocycles. The highest BCUT2D eigenvalue weighted by Gasteiger charge is 2.49. The summed E-state index contributed by atoms with van der Waals surface area (Å²) in [6.45, 7) is 1.58. The Hall–Kier alpha value is -1.92. The molecule has 6 heteroatoms. The van der Waals surface area contributed by atoms with Crippen LogP contribution in [0.1, 0.15) is 44.1 Å². The Balaban J connectivity index is 1.80. The van der Waals surface area contributed by atoms with Crippen LogP contribution < -0.4 is 5.32 Å². The summed E-state index contributed by atoms with van der Waals surface area (Å²) in [7, 11) is 0. The molecule has 3 rings (SSSR count). The summed E-state index contributed by atoms with van der Waals surface area (Å²) in [5.41, 5.74) is -1.32. The van der Waals surface area contributed by atoms with Gasteiger partial charge >= 0.3 is 11.9 Å². The Labute approximate surface area is 153 Å². The first-order valence-electron chi connectivity index (χ1n) is 9.44. The number of rotatable bonds is 7. The largest absolute Gasteiger partial charge is 0.479 e. The Bertz CT molecular complexity index is 622. The van der Waals surface area contributed by atoms with Gasteiger partial charge in [0, 0.05) is 5.92 Å². The summed E-state index contributed by atoms with van der Waals surface area (Å²) in [5.74, 6) is -2.08. The number of esters is 1. The molecule has 1 aromatic rings. The number of ether oxygens (including phenoxy) is 1. The number of hydrogen-bond acceptors (Lipinski definition) is 5. The monoisotopic (exact) mass is 361 g/mol. The van der Waals surface area contributed by atoms with Crippen molar-refractivity contribution >= 4 is 11.9 Å². The lowest BCUT2D eigenvalue weighted by atomic mass is 9.80. The zero-order valence-corrected chi connectivity index (χ0v) is 14.9. The van der Waals surface area contributed by atoms with E-state index < -0.39 is 23.6 Å². The van der Waals surface area contributed by atoms with E-state index in [4.69, 9.17) is 4.74 Å². The van der Waals surface area contributed by atoms with E-state index in [9.17, 15) is 19.8 Å². The van der Waals surface area contributed by atoms with Crippen molar-refractivity contribution in [3.05, 3.63) is 35.9 Å². The molecule has 1 saturated heterocycles. The molecule has 0 spiro atoms. The number of carbonyl (C=O) groups excluding carboxylic acids is 1. The van der Waals surface area contributed by atoms with Crippen LogP contribution in [0.15, 0.2) is 30.3 Å². The van der Waals surface area contributed by atoms with E-state index in [2.05, 4.69) is 5.32 Å². The Kier molecular flexibility index (Phi) is 5.94. The Morgan fingerprint density at radius 1 is 1.19 bits per heavy atom. The molecule has 0 bridgehead atoms. The van der Waals surface area contributed by atoms with Gasteiger partial charge in [0.25, 0.3) is 0 Å². The van der Waals surface area contributed by atoms with Crippen LogP contribution in [0.3, 0.4) is 0 Å². The Morgan fingerprint density at radius 3 is 2.46 bits per heavy atom. The van der Waals surface area contributed by atoms with E-state index in [1.165, 1.54) is 0 Å². The molecule has 1 aliphatic heterocycles. The van der Waals surface area contributed by atoms with E-state index in [-0.39, 0.29) is 18.3 Å². The second kappa shape index (κ2) is 8.18. The predicted octanol–water partition coefficient (Wildman–Crippen LogP) is 2.06. The minimum atomic E-state index is -1.79. The van der Waals surface area contributed by atoms with Gasteiger partial charge in [0.1, 0.15) is 0 Å². The molecule has 1 aromatic carbocycles. The van der Waals surface area contributed by atoms with Crippen LogP contribution in [0.5, 0.6) is 0 Å². The number of carbonyl (C=O) groups is 2. The molecule has 1 heterocycles. The van der Waals surface area contributed by atoms with Gasteiger partial charge in [-0.1, -0.05) is 43.2 Å². The average molecular weight is 361 g/mol. The fraction of sp³-hybridized carbons (Fsp3) is 0.600. The van der Waals surface area contributed by atoms with Gasteiger partial charge in [0.15, 0.2) is 11.7 Å². The number of carboxylic acid groups (broad SMARTS) is 1. The molecular formula is C20H27NO5. The zero-order valence-electron chi connectivity index (χ0n) is 14.9. The summed E-state index contributed by atoms with van der Waals surface area (Å²) in [6.07, 6.45) is 3.25. The smallest absolute Gasteiger partial charge is 0.345 e. The highest BCUT2D eigenvalue weighted by Crippen LogP contribution is 2.41. The molecule has 2 aliphatic rings. The molecule has 26 heavy (non-hydrogen) atoms. The first-order chi connectivity index (χ1) is 12.5. The molecule has 3 atom stereocenters. The first-order valence-corrected chi connectivity index (χ1v) is 9.44. The third-order valence-corrected chi connectivity index (χ3v) is 5.71. The average Bonchev–Trinajstić information content (AvgIpc) is 3.35. The summed E-state index contributed by atoms with van der Waals surface area (Å²) in [5, 5.41) is 24.1. The van der Waals surface area contributed by atoms with Gasteiger partial charge in [-0.05, 0) is 50.3 Å². The molecule has 0 aromatic heterocycles. The van der Waals surface area contributed by atoms with Crippen LogP contribution in [0.4, 0.5) is 0 Å². The van der Waals surface area contributed by atoms with Crippen molar-refractivity contribution in [2.75, 3.05) is 13.1 Å². The maximum atomic E-state index is 13.0. The van der Waals surface area contributed by atoms with E-state index >= 15 is 0 Å². The number of carboxylic acids is 1. The molecular weight excluding hydrogens is 334 g/mol. The van der Waals surface area contributed by atoms with Crippen LogP contribution >= 0.6 is 0 Å². The first kappa shape index (κ1) is 18.9. The van der Waals surface area contributed by atoms with Gasteiger partial charge in [-0.25, -0.2) is 9.59 Å². The fourth-order valence-electron chi connectivity index (χ4n) is 4.19. The van der Waals surface area contributed by atoms with Crippen molar-refractivity contribution < 1.29 is 24.5 Å². The maximum absolute atomic E-state index is 13.0. The molecule has 3 unspecified atom stereocenters. The zero-order chi connectivity index (χ0) is 18.6. The minimum Gasteiger partial charge on any atom is -0.479 e. The van der Waals surface area contributed by atoms with Crippen LogP contribution in [0.2, 0.25) is 0 Å². The quantitative estimate of drug-likeness (QED) is 0.644. The normalized spacial score (nSPS) is 24.1. The van der Waals surface area contributed by atoms with E-state index in [1.54, 1.807) is 24.3 Å². The molecule has 3 N–H and O–H groups in total. The van der Waals surface area contributed by atoms with Gasteiger partial charge in [-0.15, -0.1) is 0 Å². The van der Waals surface area contributed by atoms with Crippen molar-refractivity contribution in [2.24, 2.45) is 11.8 Å². The van der Waals surface area contributed by atoms with Crippen LogP contribution in [0, 0.1) is 11.8 Å². The second-order valence-electron chi connectivity index (χ2n) is 7.44. The van der Waals surface area contributed by atoms with Crippen molar-refractivity contribution in [1.82, 2.24) is 5.32 Å². The molecule has 0 amide bonds. The number of nitrogens with one attached hydrogen (secondary N) is 1. The standard InChI is InChI=1S/C20H27NO5/c22-18(23)17(12-14-10-11-21-13-14)26-19(24)20(25,16-8-4-5-9-16)15-6-2-1-3-7-15/h1-3,6-7,14,16-17,21,25H,4-5,8-13H2,(H,22,23). The van der Waals surface area contributed by atoms with Crippen LogP contribution in [0.25, 0.3) is 0 Å². The van der Waals surface area contributed by atoms with E-state index in [0.29, 0.717) is 5.56 Å². The summed E-state index contributed by atoms with van der Waals surface area (Å²) in [4.78, 5) is 24.6. The molecule has 6 nitrogen and oxygen atoms in total. The van der Waals surface area contributed by atoms with Crippen molar-refractivity contribution in [3.63, 3.8) is 0 Å². The van der Waals surface area contributed by atoms with Gasteiger partial charge in [-0.2, -0.15) is 0 Å². The molecule has 2 fully saturated rings. The van der Waals surface area contributed by atoms with E-state index in [0.717, 1.165) is 45.2 Å². The second-order valence-corrected chi connectivity index (χ2v) is 7.44. The molecule has 0 radical (unpaired) electrons. The number of aliphatic carboxylic acids is 1. The fourth-order valence-corrected chi connectivity index (χ4v) is 4.19. The van der Waals surface area contributed by atoms with Crippen LogP contribution in [-0.4, -0.2) is 41.3 Å². The summed E-state index contributed by atoms with van der Waals surface area (Å²) >= 11 is 0.